The maximum absolute atomic E-state index is 6.26. The second kappa shape index (κ2) is 5.29. The number of nitrogens with zero attached hydrogens (tertiary/aromatic N) is 1. The van der Waals surface area contributed by atoms with Gasteiger partial charge in [-0.2, -0.15) is 0 Å². The fourth-order valence-electron chi connectivity index (χ4n) is 3.23. The van der Waals surface area contributed by atoms with Crippen LogP contribution in [0.4, 0.5) is 0 Å². The number of halogens is 2. The first kappa shape index (κ1) is 13.2. The molecule has 0 saturated carbocycles. The van der Waals surface area contributed by atoms with Gasteiger partial charge in [0.2, 0.25) is 0 Å². The van der Waals surface area contributed by atoms with E-state index in [1.165, 1.54) is 42.8 Å². The van der Waals surface area contributed by atoms with Crippen molar-refractivity contribution < 1.29 is 0 Å². The molecule has 2 aliphatic rings. The zero-order valence-corrected chi connectivity index (χ0v) is 12.8. The monoisotopic (exact) mass is 304 g/mol. The van der Waals surface area contributed by atoms with Crippen molar-refractivity contribution in [2.45, 2.75) is 31.8 Å². The van der Waals surface area contributed by atoms with Crippen LogP contribution in [0.1, 0.15) is 31.4 Å². The smallest absolute Gasteiger partial charge is 0.0991 e. The lowest BCUT2D eigenvalue weighted by atomic mass is 9.94. The summed E-state index contributed by atoms with van der Waals surface area (Å²) in [5, 5.41) is 3.64. The van der Waals surface area contributed by atoms with E-state index in [1.54, 1.807) is 0 Å². The minimum atomic E-state index is 0.369. The van der Waals surface area contributed by atoms with Crippen LogP contribution in [0.25, 0.3) is 0 Å². The molecule has 1 unspecified atom stereocenters. The molecule has 0 amide bonds. The molecule has 2 saturated heterocycles. The molecule has 18 heavy (non-hydrogen) atoms. The number of rotatable bonds is 2. The van der Waals surface area contributed by atoms with Gasteiger partial charge in [-0.3, -0.25) is 4.90 Å². The molecule has 1 N–H and O–H groups in total. The molecule has 5 heteroatoms. The van der Waals surface area contributed by atoms with Gasteiger partial charge in [-0.15, -0.1) is 11.3 Å². The van der Waals surface area contributed by atoms with Gasteiger partial charge in [-0.1, -0.05) is 23.2 Å². The molecule has 1 aromatic rings. The van der Waals surface area contributed by atoms with Crippen molar-refractivity contribution in [2.24, 2.45) is 5.92 Å². The van der Waals surface area contributed by atoms with Crippen molar-refractivity contribution in [3.63, 3.8) is 0 Å². The van der Waals surface area contributed by atoms with E-state index >= 15 is 0 Å². The molecule has 0 aliphatic carbocycles. The van der Waals surface area contributed by atoms with Crippen molar-refractivity contribution >= 4 is 34.5 Å². The maximum Gasteiger partial charge on any atom is 0.0991 e. The summed E-state index contributed by atoms with van der Waals surface area (Å²) in [6.07, 6.45) is 2.67. The van der Waals surface area contributed by atoms with E-state index in [0.29, 0.717) is 12.1 Å². The van der Waals surface area contributed by atoms with Crippen LogP contribution in [0, 0.1) is 5.92 Å². The van der Waals surface area contributed by atoms with Crippen LogP contribution in [-0.4, -0.2) is 30.6 Å². The van der Waals surface area contributed by atoms with Crippen LogP contribution in [-0.2, 0) is 0 Å². The molecule has 3 atom stereocenters. The molecule has 0 spiro atoms. The van der Waals surface area contributed by atoms with Crippen LogP contribution < -0.4 is 5.32 Å². The van der Waals surface area contributed by atoms with Crippen LogP contribution in [0.5, 0.6) is 0 Å². The molecular weight excluding hydrogens is 287 g/mol. The highest BCUT2D eigenvalue weighted by molar-refractivity contribution is 7.20. The Kier molecular flexibility index (Phi) is 3.88. The number of nitrogens with one attached hydrogen (secondary N) is 1. The zero-order valence-electron chi connectivity index (χ0n) is 10.5. The summed E-state index contributed by atoms with van der Waals surface area (Å²) in [7, 11) is 0. The molecule has 100 valence electrons. The maximum atomic E-state index is 6.26. The van der Waals surface area contributed by atoms with Crippen molar-refractivity contribution in [1.82, 2.24) is 10.2 Å². The van der Waals surface area contributed by atoms with Gasteiger partial charge in [0.15, 0.2) is 0 Å². The minimum absolute atomic E-state index is 0.369. The topological polar surface area (TPSA) is 15.3 Å². The second-order valence-corrected chi connectivity index (χ2v) is 7.66. The lowest BCUT2D eigenvalue weighted by molar-refractivity contribution is 0.251. The first-order valence-electron chi connectivity index (χ1n) is 6.57. The first-order valence-corrected chi connectivity index (χ1v) is 8.14. The van der Waals surface area contributed by atoms with Gasteiger partial charge < -0.3 is 5.32 Å². The van der Waals surface area contributed by atoms with Crippen LogP contribution in [0.2, 0.25) is 8.67 Å². The highest BCUT2D eigenvalue weighted by Gasteiger charge is 2.36. The summed E-state index contributed by atoms with van der Waals surface area (Å²) in [6, 6.07) is 3.07. The zero-order chi connectivity index (χ0) is 12.7. The summed E-state index contributed by atoms with van der Waals surface area (Å²) in [5.74, 6) is 0.814. The lowest BCUT2D eigenvalue weighted by Crippen LogP contribution is -2.40. The van der Waals surface area contributed by atoms with Gasteiger partial charge in [0, 0.05) is 30.7 Å². The van der Waals surface area contributed by atoms with Crippen LogP contribution in [0.3, 0.4) is 0 Å². The van der Waals surface area contributed by atoms with Crippen LogP contribution >= 0.6 is 34.5 Å². The SMILES string of the molecule is CC(c1cc(Cl)sc1Cl)N1C[C@@H]2CCCN[C@@H]2C1. The summed E-state index contributed by atoms with van der Waals surface area (Å²) in [4.78, 5) is 2.54. The molecule has 3 rings (SSSR count). The molecule has 2 fully saturated rings. The van der Waals surface area contributed by atoms with Crippen molar-refractivity contribution in [3.05, 3.63) is 20.3 Å². The Balaban J connectivity index is 1.73. The average Bonchev–Trinajstić information content (AvgIpc) is 2.91. The Morgan fingerprint density at radius 1 is 1.44 bits per heavy atom. The number of likely N-dealkylation sites (tertiary alicyclic amines) is 1. The highest BCUT2D eigenvalue weighted by Crippen LogP contribution is 2.39. The average molecular weight is 305 g/mol. The largest absolute Gasteiger partial charge is 0.312 e. The van der Waals surface area contributed by atoms with Gasteiger partial charge in [0.25, 0.3) is 0 Å². The van der Waals surface area contributed by atoms with Crippen molar-refractivity contribution in [3.8, 4) is 0 Å². The summed E-state index contributed by atoms with van der Waals surface area (Å²) in [5.41, 5.74) is 1.19. The fourth-order valence-corrected chi connectivity index (χ4v) is 4.86. The molecule has 2 aliphatic heterocycles. The predicted molar refractivity (Wildman–Crippen MR) is 78.8 cm³/mol. The van der Waals surface area contributed by atoms with Crippen molar-refractivity contribution in [1.29, 1.82) is 0 Å². The number of thiophene rings is 1. The van der Waals surface area contributed by atoms with E-state index in [-0.39, 0.29) is 0 Å². The molecule has 0 bridgehead atoms. The Morgan fingerprint density at radius 3 is 2.94 bits per heavy atom. The first-order chi connectivity index (χ1) is 8.65. The summed E-state index contributed by atoms with van der Waals surface area (Å²) >= 11 is 13.8. The number of hydrogen-bond acceptors (Lipinski definition) is 3. The standard InChI is InChI=1S/C13H18Cl2N2S/c1-8(10-5-12(14)18-13(10)15)17-6-9-3-2-4-16-11(9)7-17/h5,8-9,11,16H,2-4,6-7H2,1H3/t8?,9-,11+/m0/s1. The third-order valence-corrected chi connectivity index (χ3v) is 5.83. The molecular formula is C13H18Cl2N2S. The highest BCUT2D eigenvalue weighted by atomic mass is 35.5. The Morgan fingerprint density at radius 2 is 2.28 bits per heavy atom. The lowest BCUT2D eigenvalue weighted by Gasteiger charge is -2.25. The third kappa shape index (κ3) is 2.44. The fraction of sp³-hybridized carbons (Fsp3) is 0.692. The van der Waals surface area contributed by atoms with E-state index in [9.17, 15) is 0 Å². The van der Waals surface area contributed by atoms with E-state index < -0.39 is 0 Å². The molecule has 1 aromatic heterocycles. The molecule has 2 nitrogen and oxygen atoms in total. The number of hydrogen-bond donors (Lipinski definition) is 1. The normalized spacial score (nSPS) is 30.4. The quantitative estimate of drug-likeness (QED) is 0.894. The van der Waals surface area contributed by atoms with Gasteiger partial charge in [0.1, 0.15) is 0 Å². The van der Waals surface area contributed by atoms with E-state index in [0.717, 1.165) is 21.1 Å². The number of piperidine rings is 1. The van der Waals surface area contributed by atoms with Gasteiger partial charge in [-0.25, -0.2) is 0 Å². The van der Waals surface area contributed by atoms with E-state index in [1.807, 2.05) is 6.07 Å². The molecule has 0 aromatic carbocycles. The molecule has 0 radical (unpaired) electrons. The predicted octanol–water partition coefficient (Wildman–Crippen LogP) is 3.80. The Bertz CT molecular complexity index is 421. The van der Waals surface area contributed by atoms with Crippen LogP contribution in [0.15, 0.2) is 6.07 Å². The van der Waals surface area contributed by atoms with E-state index in [4.69, 9.17) is 23.2 Å². The van der Waals surface area contributed by atoms with Gasteiger partial charge in [0.05, 0.1) is 8.67 Å². The summed E-state index contributed by atoms with van der Waals surface area (Å²) in [6.45, 7) is 5.73. The molecule has 3 heterocycles. The Hall–Kier alpha value is 0.200. The Labute approximate surface area is 122 Å². The number of fused-ring (bicyclic) bond motifs is 1. The third-order valence-electron chi connectivity index (χ3n) is 4.31. The van der Waals surface area contributed by atoms with Crippen molar-refractivity contribution in [2.75, 3.05) is 19.6 Å². The minimum Gasteiger partial charge on any atom is -0.312 e. The van der Waals surface area contributed by atoms with Gasteiger partial charge in [-0.05, 0) is 38.3 Å². The second-order valence-electron chi connectivity index (χ2n) is 5.37. The van der Waals surface area contributed by atoms with E-state index in [2.05, 4.69) is 17.1 Å². The van der Waals surface area contributed by atoms with Gasteiger partial charge >= 0.3 is 0 Å². The summed E-state index contributed by atoms with van der Waals surface area (Å²) < 4.78 is 1.63.